The number of carbonyl (C=O) groups is 2. The molecule has 32 heavy (non-hydrogen) atoms. The standard InChI is InChI=1S/C26H21ClN2O3/c1-32-21-13-11-18(12-14-21)23-24(28-15-5-7-17-6-2-3-10-22(17)28)26(31)29(25(23)30)20-9-4-8-19(27)16-20/h2-4,6,8-14,16H,5,7,15H2,1H3. The van der Waals surface area contributed by atoms with E-state index in [1.54, 1.807) is 43.5 Å². The van der Waals surface area contributed by atoms with Crippen molar-refractivity contribution < 1.29 is 14.3 Å². The van der Waals surface area contributed by atoms with Gasteiger partial charge in [-0.1, -0.05) is 48.0 Å². The molecule has 0 radical (unpaired) electrons. The van der Waals surface area contributed by atoms with Gasteiger partial charge in [-0.15, -0.1) is 0 Å². The maximum atomic E-state index is 13.8. The van der Waals surface area contributed by atoms with Gasteiger partial charge in [-0.3, -0.25) is 9.59 Å². The van der Waals surface area contributed by atoms with E-state index in [0.29, 0.717) is 39.8 Å². The molecule has 160 valence electrons. The third-order valence-electron chi connectivity index (χ3n) is 5.88. The minimum absolute atomic E-state index is 0.347. The fraction of sp³-hybridized carbons (Fsp3) is 0.154. The highest BCUT2D eigenvalue weighted by atomic mass is 35.5. The fourth-order valence-electron chi connectivity index (χ4n) is 4.40. The van der Waals surface area contributed by atoms with Gasteiger partial charge in [0.05, 0.1) is 18.4 Å². The zero-order chi connectivity index (χ0) is 22.2. The van der Waals surface area contributed by atoms with Gasteiger partial charge < -0.3 is 9.64 Å². The Bertz CT molecular complexity index is 1250. The Hall–Kier alpha value is -3.57. The quantitative estimate of drug-likeness (QED) is 0.526. The van der Waals surface area contributed by atoms with E-state index in [-0.39, 0.29) is 11.8 Å². The van der Waals surface area contributed by atoms with Crippen LogP contribution in [0.4, 0.5) is 11.4 Å². The number of halogens is 1. The Morgan fingerprint density at radius 3 is 2.44 bits per heavy atom. The fourth-order valence-corrected chi connectivity index (χ4v) is 4.59. The molecule has 0 aromatic heterocycles. The predicted octanol–water partition coefficient (Wildman–Crippen LogP) is 5.09. The van der Waals surface area contributed by atoms with Crippen molar-refractivity contribution in [1.82, 2.24) is 0 Å². The van der Waals surface area contributed by atoms with Crippen LogP contribution in [-0.4, -0.2) is 25.5 Å². The van der Waals surface area contributed by atoms with Gasteiger partial charge in [0.1, 0.15) is 11.4 Å². The Balaban J connectivity index is 1.69. The van der Waals surface area contributed by atoms with Crippen molar-refractivity contribution >= 4 is 40.4 Å². The molecular formula is C26H21ClN2O3. The lowest BCUT2D eigenvalue weighted by Gasteiger charge is -2.32. The summed E-state index contributed by atoms with van der Waals surface area (Å²) in [5.41, 5.74) is 4.04. The molecule has 3 aromatic carbocycles. The highest BCUT2D eigenvalue weighted by Gasteiger charge is 2.43. The van der Waals surface area contributed by atoms with Crippen LogP contribution in [0.2, 0.25) is 5.02 Å². The maximum absolute atomic E-state index is 13.8. The molecule has 3 aromatic rings. The van der Waals surface area contributed by atoms with E-state index in [1.165, 1.54) is 10.5 Å². The minimum Gasteiger partial charge on any atom is -0.497 e. The van der Waals surface area contributed by atoms with E-state index in [0.717, 1.165) is 18.5 Å². The monoisotopic (exact) mass is 444 g/mol. The number of ether oxygens (including phenoxy) is 1. The largest absolute Gasteiger partial charge is 0.497 e. The van der Waals surface area contributed by atoms with E-state index in [4.69, 9.17) is 16.3 Å². The minimum atomic E-state index is -0.361. The molecule has 2 aliphatic rings. The Morgan fingerprint density at radius 1 is 0.906 bits per heavy atom. The van der Waals surface area contributed by atoms with Gasteiger partial charge in [0.2, 0.25) is 0 Å². The summed E-state index contributed by atoms with van der Waals surface area (Å²) in [5.74, 6) is -0.0250. The van der Waals surface area contributed by atoms with Crippen LogP contribution in [-0.2, 0) is 16.0 Å². The average molecular weight is 445 g/mol. The number of benzene rings is 3. The van der Waals surface area contributed by atoms with Gasteiger partial charge in [-0.05, 0) is 60.4 Å². The molecule has 0 N–H and O–H groups in total. The van der Waals surface area contributed by atoms with Crippen LogP contribution in [0.15, 0.2) is 78.5 Å². The first-order valence-corrected chi connectivity index (χ1v) is 10.8. The van der Waals surface area contributed by atoms with Gasteiger partial charge in [0, 0.05) is 17.3 Å². The van der Waals surface area contributed by atoms with Crippen molar-refractivity contribution in [3.05, 3.63) is 94.6 Å². The number of hydrogen-bond acceptors (Lipinski definition) is 4. The summed E-state index contributed by atoms with van der Waals surface area (Å²) in [5, 5.41) is 0.464. The summed E-state index contributed by atoms with van der Waals surface area (Å²) >= 11 is 6.17. The van der Waals surface area contributed by atoms with Crippen LogP contribution < -0.4 is 14.5 Å². The zero-order valence-corrected chi connectivity index (χ0v) is 18.3. The molecule has 0 bridgehead atoms. The van der Waals surface area contributed by atoms with Gasteiger partial charge in [0.25, 0.3) is 11.8 Å². The number of imide groups is 1. The number of para-hydroxylation sites is 1. The second-order valence-electron chi connectivity index (χ2n) is 7.76. The first-order chi connectivity index (χ1) is 15.6. The molecule has 5 rings (SSSR count). The molecule has 5 nitrogen and oxygen atoms in total. The molecule has 2 aliphatic heterocycles. The van der Waals surface area contributed by atoms with Crippen LogP contribution in [0.5, 0.6) is 5.75 Å². The van der Waals surface area contributed by atoms with Gasteiger partial charge in [-0.2, -0.15) is 0 Å². The van der Waals surface area contributed by atoms with Gasteiger partial charge in [0.15, 0.2) is 0 Å². The number of amides is 2. The number of hydrogen-bond donors (Lipinski definition) is 0. The molecule has 0 saturated carbocycles. The first kappa shape index (κ1) is 20.3. The van der Waals surface area contributed by atoms with Crippen LogP contribution in [0.3, 0.4) is 0 Å². The number of rotatable bonds is 4. The van der Waals surface area contributed by atoms with Crippen molar-refractivity contribution in [2.75, 3.05) is 23.5 Å². The molecule has 6 heteroatoms. The molecule has 0 spiro atoms. The Kier molecular flexibility index (Phi) is 5.19. The molecule has 2 amide bonds. The smallest absolute Gasteiger partial charge is 0.282 e. The Morgan fingerprint density at radius 2 is 1.69 bits per heavy atom. The molecule has 0 atom stereocenters. The normalized spacial score (nSPS) is 15.9. The number of nitrogens with zero attached hydrogens (tertiary/aromatic N) is 2. The van der Waals surface area contributed by atoms with Crippen LogP contribution in [0.25, 0.3) is 5.57 Å². The van der Waals surface area contributed by atoms with Crippen molar-refractivity contribution in [2.24, 2.45) is 0 Å². The molecule has 0 saturated heterocycles. The first-order valence-electron chi connectivity index (χ1n) is 10.5. The molecule has 0 aliphatic carbocycles. The van der Waals surface area contributed by atoms with Gasteiger partial charge >= 0.3 is 0 Å². The SMILES string of the molecule is COc1ccc(C2=C(N3CCCc4ccccc43)C(=O)N(c3cccc(Cl)c3)C2=O)cc1. The summed E-state index contributed by atoms with van der Waals surface area (Å²) in [6.45, 7) is 0.661. The number of anilines is 2. The number of aryl methyl sites for hydroxylation is 1. The van der Waals surface area contributed by atoms with Crippen LogP contribution in [0.1, 0.15) is 17.5 Å². The highest BCUT2D eigenvalue weighted by molar-refractivity contribution is 6.46. The summed E-state index contributed by atoms with van der Waals surface area (Å²) in [7, 11) is 1.59. The van der Waals surface area contributed by atoms with E-state index >= 15 is 0 Å². The van der Waals surface area contributed by atoms with Crippen molar-refractivity contribution in [2.45, 2.75) is 12.8 Å². The third kappa shape index (κ3) is 3.35. The molecule has 0 fully saturated rings. The third-order valence-corrected chi connectivity index (χ3v) is 6.12. The van der Waals surface area contributed by atoms with E-state index in [2.05, 4.69) is 6.07 Å². The van der Waals surface area contributed by atoms with Crippen LogP contribution in [0, 0.1) is 0 Å². The highest BCUT2D eigenvalue weighted by Crippen LogP contribution is 2.40. The van der Waals surface area contributed by atoms with E-state index in [9.17, 15) is 9.59 Å². The lowest BCUT2D eigenvalue weighted by Crippen LogP contribution is -2.37. The van der Waals surface area contributed by atoms with Crippen molar-refractivity contribution in [3.63, 3.8) is 0 Å². The number of carbonyl (C=O) groups excluding carboxylic acids is 2. The average Bonchev–Trinajstić information content (AvgIpc) is 3.08. The molecular weight excluding hydrogens is 424 g/mol. The summed E-state index contributed by atoms with van der Waals surface area (Å²) in [6.07, 6.45) is 1.84. The predicted molar refractivity (Wildman–Crippen MR) is 126 cm³/mol. The topological polar surface area (TPSA) is 49.9 Å². The van der Waals surface area contributed by atoms with E-state index in [1.807, 2.05) is 35.2 Å². The number of methoxy groups -OCH3 is 1. The second-order valence-corrected chi connectivity index (χ2v) is 8.20. The maximum Gasteiger partial charge on any atom is 0.282 e. The second kappa shape index (κ2) is 8.17. The Labute approximate surface area is 191 Å². The summed E-state index contributed by atoms with van der Waals surface area (Å²) in [6, 6.07) is 22.1. The van der Waals surface area contributed by atoms with Crippen molar-refractivity contribution in [3.8, 4) is 5.75 Å². The van der Waals surface area contributed by atoms with Crippen LogP contribution >= 0.6 is 11.6 Å². The van der Waals surface area contributed by atoms with Crippen molar-refractivity contribution in [1.29, 1.82) is 0 Å². The van der Waals surface area contributed by atoms with E-state index < -0.39 is 0 Å². The molecule has 0 unspecified atom stereocenters. The zero-order valence-electron chi connectivity index (χ0n) is 17.5. The number of fused-ring (bicyclic) bond motifs is 1. The lowest BCUT2D eigenvalue weighted by molar-refractivity contribution is -0.120. The van der Waals surface area contributed by atoms with Gasteiger partial charge in [-0.25, -0.2) is 4.90 Å². The lowest BCUT2D eigenvalue weighted by atomic mass is 9.98. The summed E-state index contributed by atoms with van der Waals surface area (Å²) < 4.78 is 5.27. The summed E-state index contributed by atoms with van der Waals surface area (Å²) in [4.78, 5) is 30.7. The molecule has 2 heterocycles.